The Labute approximate surface area is 409 Å². The van der Waals surface area contributed by atoms with Crippen LogP contribution in [-0.2, 0) is 14.3 Å². The first-order valence-electron chi connectivity index (χ1n) is 28.5. The number of amides is 1. The lowest BCUT2D eigenvalue weighted by atomic mass is 10.0. The molecule has 6 nitrogen and oxygen atoms in total. The van der Waals surface area contributed by atoms with Gasteiger partial charge in [0.25, 0.3) is 0 Å². The van der Waals surface area contributed by atoms with Crippen LogP contribution >= 0.6 is 0 Å². The summed E-state index contributed by atoms with van der Waals surface area (Å²) >= 11 is 0. The van der Waals surface area contributed by atoms with E-state index in [0.717, 1.165) is 83.5 Å². The summed E-state index contributed by atoms with van der Waals surface area (Å²) in [4.78, 5) is 26.2. The van der Waals surface area contributed by atoms with Crippen molar-refractivity contribution in [3.63, 3.8) is 0 Å². The predicted molar refractivity (Wildman–Crippen MR) is 287 cm³/mol. The molecule has 0 aliphatic carbocycles. The molecule has 0 heterocycles. The van der Waals surface area contributed by atoms with Crippen molar-refractivity contribution in [2.24, 2.45) is 0 Å². The summed E-state index contributed by atoms with van der Waals surface area (Å²) in [5, 5.41) is 23.9. The molecule has 0 rings (SSSR count). The van der Waals surface area contributed by atoms with Crippen molar-refractivity contribution in [2.45, 2.75) is 302 Å². The lowest BCUT2D eigenvalue weighted by molar-refractivity contribution is -0.151. The van der Waals surface area contributed by atoms with Gasteiger partial charge in [-0.3, -0.25) is 9.59 Å². The van der Waals surface area contributed by atoms with E-state index < -0.39 is 18.2 Å². The van der Waals surface area contributed by atoms with Gasteiger partial charge in [-0.05, 0) is 89.9 Å². The Morgan fingerprint density at radius 2 is 0.788 bits per heavy atom. The summed E-state index contributed by atoms with van der Waals surface area (Å²) in [7, 11) is 0. The Balaban J connectivity index is 4.66. The Morgan fingerprint density at radius 1 is 0.439 bits per heavy atom. The number of nitrogens with one attached hydrogen (secondary N) is 1. The molecule has 0 bridgehead atoms. The van der Waals surface area contributed by atoms with E-state index in [2.05, 4.69) is 86.8 Å². The van der Waals surface area contributed by atoms with Gasteiger partial charge in [-0.1, -0.05) is 242 Å². The van der Waals surface area contributed by atoms with Crippen molar-refractivity contribution in [2.75, 3.05) is 6.61 Å². The topological polar surface area (TPSA) is 95.9 Å². The van der Waals surface area contributed by atoms with E-state index in [9.17, 15) is 19.8 Å². The van der Waals surface area contributed by atoms with Gasteiger partial charge in [-0.25, -0.2) is 0 Å². The second-order valence-electron chi connectivity index (χ2n) is 19.3. The molecule has 0 aromatic rings. The molecule has 384 valence electrons. The van der Waals surface area contributed by atoms with Crippen molar-refractivity contribution in [3.05, 3.63) is 60.8 Å². The first kappa shape index (κ1) is 63.6. The minimum absolute atomic E-state index is 0.0339. The van der Waals surface area contributed by atoms with Crippen LogP contribution in [0.3, 0.4) is 0 Å². The Bertz CT molecular complexity index is 1170. The molecule has 0 spiro atoms. The summed E-state index contributed by atoms with van der Waals surface area (Å²) in [6.45, 7) is 6.45. The largest absolute Gasteiger partial charge is 0.462 e. The van der Waals surface area contributed by atoms with Crippen LogP contribution in [0.1, 0.15) is 284 Å². The van der Waals surface area contributed by atoms with E-state index in [4.69, 9.17) is 4.74 Å². The second-order valence-corrected chi connectivity index (χ2v) is 19.3. The van der Waals surface area contributed by atoms with Crippen molar-refractivity contribution in [3.8, 4) is 0 Å². The molecule has 0 radical (unpaired) electrons. The molecule has 3 atom stereocenters. The smallest absolute Gasteiger partial charge is 0.306 e. The van der Waals surface area contributed by atoms with E-state index in [-0.39, 0.29) is 24.9 Å². The molecule has 0 aromatic heterocycles. The molecule has 0 aliphatic heterocycles. The molecule has 3 unspecified atom stereocenters. The third-order valence-corrected chi connectivity index (χ3v) is 12.8. The second kappa shape index (κ2) is 53.5. The normalized spacial score (nSPS) is 13.6. The van der Waals surface area contributed by atoms with Gasteiger partial charge in [-0.15, -0.1) is 0 Å². The SMILES string of the molecule is CCCCC/C=C\C/C=C\C/C=C\C/C=C\CCCC(CC(=O)NC(CO)C(O)CCCCCCCCCCCCCCCCCC)OC(=O)CCCCC/C=C\CCCCCCCCC. The summed E-state index contributed by atoms with van der Waals surface area (Å²) in [6.07, 6.45) is 67.1. The highest BCUT2D eigenvalue weighted by Crippen LogP contribution is 2.17. The number of unbranched alkanes of at least 4 members (excludes halogenated alkanes) is 29. The van der Waals surface area contributed by atoms with Crippen molar-refractivity contribution in [1.82, 2.24) is 5.32 Å². The first-order chi connectivity index (χ1) is 32.5. The molecule has 1 amide bonds. The van der Waals surface area contributed by atoms with Gasteiger partial charge in [0.15, 0.2) is 0 Å². The van der Waals surface area contributed by atoms with E-state index >= 15 is 0 Å². The molecule has 3 N–H and O–H groups in total. The van der Waals surface area contributed by atoms with E-state index in [1.165, 1.54) is 154 Å². The Hall–Kier alpha value is -2.44. The van der Waals surface area contributed by atoms with Crippen LogP contribution < -0.4 is 5.32 Å². The van der Waals surface area contributed by atoms with E-state index in [1.54, 1.807) is 0 Å². The summed E-state index contributed by atoms with van der Waals surface area (Å²) in [6, 6.07) is -0.724. The molecular weight excluding hydrogens is 815 g/mol. The lowest BCUT2D eigenvalue weighted by Crippen LogP contribution is -2.46. The zero-order chi connectivity index (χ0) is 48.1. The number of carbonyl (C=O) groups is 2. The predicted octanol–water partition coefficient (Wildman–Crippen LogP) is 17.6. The molecular formula is C60H109NO5. The van der Waals surface area contributed by atoms with Gasteiger partial charge >= 0.3 is 5.97 Å². The van der Waals surface area contributed by atoms with Crippen LogP contribution in [-0.4, -0.2) is 46.9 Å². The van der Waals surface area contributed by atoms with E-state index in [1.807, 2.05) is 0 Å². The number of rotatable bonds is 51. The van der Waals surface area contributed by atoms with Crippen LogP contribution in [0.4, 0.5) is 0 Å². The Morgan fingerprint density at radius 3 is 1.24 bits per heavy atom. The highest BCUT2D eigenvalue weighted by Gasteiger charge is 2.24. The highest BCUT2D eigenvalue weighted by atomic mass is 16.5. The summed E-state index contributed by atoms with van der Waals surface area (Å²) in [5.41, 5.74) is 0. The summed E-state index contributed by atoms with van der Waals surface area (Å²) < 4.78 is 5.92. The van der Waals surface area contributed by atoms with Crippen molar-refractivity contribution < 1.29 is 24.5 Å². The maximum Gasteiger partial charge on any atom is 0.306 e. The maximum atomic E-state index is 13.3. The molecule has 66 heavy (non-hydrogen) atoms. The third-order valence-electron chi connectivity index (χ3n) is 12.8. The van der Waals surface area contributed by atoms with Gasteiger partial charge in [-0.2, -0.15) is 0 Å². The fourth-order valence-corrected chi connectivity index (χ4v) is 8.47. The minimum Gasteiger partial charge on any atom is -0.462 e. The van der Waals surface area contributed by atoms with Crippen LogP contribution in [0.2, 0.25) is 0 Å². The van der Waals surface area contributed by atoms with Gasteiger partial charge in [0, 0.05) is 6.42 Å². The number of carbonyl (C=O) groups excluding carboxylic acids is 2. The fourth-order valence-electron chi connectivity index (χ4n) is 8.47. The molecule has 0 saturated carbocycles. The zero-order valence-electron chi connectivity index (χ0n) is 43.8. The standard InChI is InChI=1S/C60H109NO5/c1-4-7-10-13-16-19-22-25-28-30-31-33-36-39-42-45-48-51-56(66-60(65)53-50-47-44-41-38-35-27-24-21-18-15-12-9-6-3)54-59(64)61-57(55-62)58(63)52-49-46-43-40-37-34-32-29-26-23-20-17-14-11-8-5-2/h16,19,25,28,31,33,35,38-39,42,56-58,62-63H,4-15,17-18,20-24,26-27,29-30,32,34,36-37,40-41,43-55H2,1-3H3,(H,61,64)/b19-16-,28-25-,33-31-,38-35-,42-39-. The van der Waals surface area contributed by atoms with Crippen LogP contribution in [0.5, 0.6) is 0 Å². The lowest BCUT2D eigenvalue weighted by Gasteiger charge is -2.24. The highest BCUT2D eigenvalue weighted by molar-refractivity contribution is 5.77. The first-order valence-corrected chi connectivity index (χ1v) is 28.5. The number of aliphatic hydroxyl groups is 2. The molecule has 0 saturated heterocycles. The van der Waals surface area contributed by atoms with Gasteiger partial charge < -0.3 is 20.3 Å². The van der Waals surface area contributed by atoms with Crippen molar-refractivity contribution >= 4 is 11.9 Å². The fraction of sp³-hybridized carbons (Fsp3) is 0.800. The number of aliphatic hydroxyl groups excluding tert-OH is 2. The molecule has 0 fully saturated rings. The van der Waals surface area contributed by atoms with Crippen molar-refractivity contribution in [1.29, 1.82) is 0 Å². The number of allylic oxidation sites excluding steroid dienone is 10. The number of hydrogen-bond acceptors (Lipinski definition) is 5. The van der Waals surface area contributed by atoms with Crippen LogP contribution in [0.25, 0.3) is 0 Å². The minimum atomic E-state index is -0.806. The van der Waals surface area contributed by atoms with Gasteiger partial charge in [0.2, 0.25) is 5.91 Å². The molecule has 6 heteroatoms. The molecule has 0 aromatic carbocycles. The maximum absolute atomic E-state index is 13.3. The summed E-state index contributed by atoms with van der Waals surface area (Å²) in [5.74, 6) is -0.541. The van der Waals surface area contributed by atoms with Crippen LogP contribution in [0.15, 0.2) is 60.8 Å². The molecule has 0 aliphatic rings. The zero-order valence-corrected chi connectivity index (χ0v) is 43.8. The van der Waals surface area contributed by atoms with Crippen LogP contribution in [0, 0.1) is 0 Å². The Kier molecular flexibility index (Phi) is 51.5. The third kappa shape index (κ3) is 48.0. The van der Waals surface area contributed by atoms with E-state index in [0.29, 0.717) is 19.3 Å². The quantitative estimate of drug-likeness (QED) is 0.0321. The average molecular weight is 925 g/mol. The number of hydrogen-bond donors (Lipinski definition) is 3. The number of ether oxygens (including phenoxy) is 1. The monoisotopic (exact) mass is 924 g/mol. The van der Waals surface area contributed by atoms with Gasteiger partial charge in [0.05, 0.1) is 25.2 Å². The van der Waals surface area contributed by atoms with Gasteiger partial charge in [0.1, 0.15) is 6.10 Å². The number of esters is 1. The average Bonchev–Trinajstić information content (AvgIpc) is 3.31.